The average Bonchev–Trinajstić information content (AvgIpc) is 2.69. The van der Waals surface area contributed by atoms with Crippen molar-refractivity contribution in [3.63, 3.8) is 0 Å². The number of likely N-dealkylation sites (tertiary alicyclic amines) is 1. The van der Waals surface area contributed by atoms with E-state index in [4.69, 9.17) is 0 Å². The number of anilines is 1. The van der Waals surface area contributed by atoms with Gasteiger partial charge in [0.1, 0.15) is 0 Å². The summed E-state index contributed by atoms with van der Waals surface area (Å²) in [5, 5.41) is 2.93. The molecule has 1 fully saturated rings. The number of carbonyl (C=O) groups excluding carboxylic acids is 1. The van der Waals surface area contributed by atoms with Gasteiger partial charge in [-0.3, -0.25) is 14.4 Å². The van der Waals surface area contributed by atoms with E-state index in [0.29, 0.717) is 17.8 Å². The lowest BCUT2D eigenvalue weighted by molar-refractivity contribution is 0.0951. The molecule has 2 aromatic rings. The summed E-state index contributed by atoms with van der Waals surface area (Å²) < 4.78 is 25.5. The molecule has 1 aliphatic heterocycles. The second-order valence-corrected chi connectivity index (χ2v) is 10.1. The standard InChI is InChI=1S/C23H31N3O3S/c1-17-9-11-26(12-10-17)16-20-6-4-5-19(13-20)15-24-23(27)21-8-7-18(2)22(14-21)25-30(3,28)29/h4-8,13-14,17,25H,9-12,15-16H2,1-3H3,(H,24,27). The number of rotatable bonds is 7. The lowest BCUT2D eigenvalue weighted by atomic mass is 9.98. The molecule has 2 N–H and O–H groups in total. The number of nitrogens with one attached hydrogen (secondary N) is 2. The lowest BCUT2D eigenvalue weighted by Gasteiger charge is -2.30. The largest absolute Gasteiger partial charge is 0.348 e. The van der Waals surface area contributed by atoms with E-state index in [9.17, 15) is 13.2 Å². The lowest BCUT2D eigenvalue weighted by Crippen LogP contribution is -2.32. The van der Waals surface area contributed by atoms with E-state index in [0.717, 1.165) is 42.9 Å². The van der Waals surface area contributed by atoms with Crippen LogP contribution in [-0.2, 0) is 23.1 Å². The third-order valence-electron chi connectivity index (χ3n) is 5.52. The number of aryl methyl sites for hydroxylation is 1. The normalized spacial score (nSPS) is 15.7. The molecular formula is C23H31N3O3S. The highest BCUT2D eigenvalue weighted by atomic mass is 32.2. The van der Waals surface area contributed by atoms with Crippen molar-refractivity contribution in [1.82, 2.24) is 10.2 Å². The Morgan fingerprint density at radius 1 is 1.10 bits per heavy atom. The Morgan fingerprint density at radius 2 is 1.80 bits per heavy atom. The van der Waals surface area contributed by atoms with Crippen molar-refractivity contribution in [3.8, 4) is 0 Å². The predicted molar refractivity (Wildman–Crippen MR) is 121 cm³/mol. The number of nitrogens with zero attached hydrogens (tertiary/aromatic N) is 1. The first-order chi connectivity index (χ1) is 14.2. The molecule has 0 unspecified atom stereocenters. The second-order valence-electron chi connectivity index (χ2n) is 8.37. The van der Waals surface area contributed by atoms with Gasteiger partial charge in [-0.05, 0) is 67.6 Å². The van der Waals surface area contributed by atoms with Crippen LogP contribution in [0.3, 0.4) is 0 Å². The maximum absolute atomic E-state index is 12.6. The first-order valence-corrected chi connectivity index (χ1v) is 12.3. The molecule has 0 radical (unpaired) electrons. The molecule has 7 heteroatoms. The number of hydrogen-bond donors (Lipinski definition) is 2. The molecule has 0 atom stereocenters. The Balaban J connectivity index is 1.60. The van der Waals surface area contributed by atoms with E-state index < -0.39 is 10.0 Å². The van der Waals surface area contributed by atoms with Crippen molar-refractivity contribution in [2.24, 2.45) is 5.92 Å². The summed E-state index contributed by atoms with van der Waals surface area (Å²) in [6.45, 7) is 7.75. The third-order valence-corrected chi connectivity index (χ3v) is 6.11. The second kappa shape index (κ2) is 9.62. The monoisotopic (exact) mass is 429 g/mol. The molecule has 162 valence electrons. The maximum atomic E-state index is 12.6. The number of carbonyl (C=O) groups is 1. The number of hydrogen-bond acceptors (Lipinski definition) is 4. The Bertz CT molecular complexity index is 997. The van der Waals surface area contributed by atoms with Crippen molar-refractivity contribution >= 4 is 21.6 Å². The van der Waals surface area contributed by atoms with Gasteiger partial charge in [0.2, 0.25) is 10.0 Å². The SMILES string of the molecule is Cc1ccc(C(=O)NCc2cccc(CN3CCC(C)CC3)c2)cc1NS(C)(=O)=O. The summed E-state index contributed by atoms with van der Waals surface area (Å²) in [5.41, 5.74) is 3.91. The highest BCUT2D eigenvalue weighted by molar-refractivity contribution is 7.92. The first kappa shape index (κ1) is 22.3. The van der Waals surface area contributed by atoms with Gasteiger partial charge < -0.3 is 5.32 Å². The summed E-state index contributed by atoms with van der Waals surface area (Å²) in [5.74, 6) is 0.583. The first-order valence-electron chi connectivity index (χ1n) is 10.4. The molecular weight excluding hydrogens is 398 g/mol. The minimum Gasteiger partial charge on any atom is -0.348 e. The molecule has 2 aromatic carbocycles. The summed E-state index contributed by atoms with van der Waals surface area (Å²) in [6, 6.07) is 13.3. The van der Waals surface area contributed by atoms with E-state index in [2.05, 4.69) is 34.0 Å². The fourth-order valence-corrected chi connectivity index (χ4v) is 4.29. The average molecular weight is 430 g/mol. The van der Waals surface area contributed by atoms with E-state index in [1.807, 2.05) is 12.1 Å². The summed E-state index contributed by atoms with van der Waals surface area (Å²) in [4.78, 5) is 15.1. The zero-order chi connectivity index (χ0) is 21.7. The third kappa shape index (κ3) is 6.57. The molecule has 30 heavy (non-hydrogen) atoms. The van der Waals surface area contributed by atoms with Crippen LogP contribution in [0.15, 0.2) is 42.5 Å². The van der Waals surface area contributed by atoms with Gasteiger partial charge in [0, 0.05) is 18.7 Å². The predicted octanol–water partition coefficient (Wildman–Crippen LogP) is 3.53. The van der Waals surface area contributed by atoms with Gasteiger partial charge in [-0.1, -0.05) is 37.3 Å². The van der Waals surface area contributed by atoms with Crippen molar-refractivity contribution in [2.75, 3.05) is 24.1 Å². The van der Waals surface area contributed by atoms with Crippen LogP contribution >= 0.6 is 0 Å². The van der Waals surface area contributed by atoms with Crippen LogP contribution < -0.4 is 10.0 Å². The van der Waals surface area contributed by atoms with Gasteiger partial charge in [-0.15, -0.1) is 0 Å². The number of benzene rings is 2. The van der Waals surface area contributed by atoms with Crippen LogP contribution in [0, 0.1) is 12.8 Å². The van der Waals surface area contributed by atoms with Crippen LogP contribution in [0.25, 0.3) is 0 Å². The fourth-order valence-electron chi connectivity index (χ4n) is 3.67. The van der Waals surface area contributed by atoms with E-state index in [1.54, 1.807) is 25.1 Å². The minimum absolute atomic E-state index is 0.234. The van der Waals surface area contributed by atoms with Gasteiger partial charge >= 0.3 is 0 Å². The number of sulfonamides is 1. The molecule has 0 bridgehead atoms. The topological polar surface area (TPSA) is 78.5 Å². The fraction of sp³-hybridized carbons (Fsp3) is 0.435. The van der Waals surface area contributed by atoms with E-state index in [-0.39, 0.29) is 5.91 Å². The Labute approximate surface area is 179 Å². The molecule has 1 heterocycles. The summed E-state index contributed by atoms with van der Waals surface area (Å²) >= 11 is 0. The Hall–Kier alpha value is -2.38. The molecule has 1 saturated heterocycles. The van der Waals surface area contributed by atoms with Crippen molar-refractivity contribution < 1.29 is 13.2 Å². The van der Waals surface area contributed by atoms with Crippen molar-refractivity contribution in [3.05, 3.63) is 64.7 Å². The zero-order valence-electron chi connectivity index (χ0n) is 17.9. The van der Waals surface area contributed by atoms with E-state index >= 15 is 0 Å². The quantitative estimate of drug-likeness (QED) is 0.706. The van der Waals surface area contributed by atoms with Gasteiger partial charge in [0.15, 0.2) is 0 Å². The molecule has 0 aromatic heterocycles. The Morgan fingerprint density at radius 3 is 2.50 bits per heavy atom. The van der Waals surface area contributed by atoms with Gasteiger partial charge in [0.25, 0.3) is 5.91 Å². The van der Waals surface area contributed by atoms with Crippen LogP contribution in [0.5, 0.6) is 0 Å². The number of amides is 1. The highest BCUT2D eigenvalue weighted by Gasteiger charge is 2.16. The highest BCUT2D eigenvalue weighted by Crippen LogP contribution is 2.20. The van der Waals surface area contributed by atoms with Gasteiger partial charge in [-0.2, -0.15) is 0 Å². The summed E-state index contributed by atoms with van der Waals surface area (Å²) in [7, 11) is -3.40. The van der Waals surface area contributed by atoms with Crippen molar-refractivity contribution in [1.29, 1.82) is 0 Å². The molecule has 0 aliphatic carbocycles. The van der Waals surface area contributed by atoms with Crippen LogP contribution in [0.1, 0.15) is 46.8 Å². The maximum Gasteiger partial charge on any atom is 0.251 e. The summed E-state index contributed by atoms with van der Waals surface area (Å²) in [6.07, 6.45) is 3.60. The molecule has 0 saturated carbocycles. The van der Waals surface area contributed by atoms with E-state index in [1.165, 1.54) is 18.4 Å². The van der Waals surface area contributed by atoms with Gasteiger partial charge in [-0.25, -0.2) is 8.42 Å². The molecule has 3 rings (SSSR count). The smallest absolute Gasteiger partial charge is 0.251 e. The van der Waals surface area contributed by atoms with Crippen LogP contribution in [-0.4, -0.2) is 38.6 Å². The molecule has 6 nitrogen and oxygen atoms in total. The van der Waals surface area contributed by atoms with Crippen molar-refractivity contribution in [2.45, 2.75) is 39.8 Å². The number of piperidine rings is 1. The van der Waals surface area contributed by atoms with Crippen LogP contribution in [0.4, 0.5) is 5.69 Å². The van der Waals surface area contributed by atoms with Gasteiger partial charge in [0.05, 0.1) is 11.9 Å². The minimum atomic E-state index is -3.40. The Kier molecular flexibility index (Phi) is 7.15. The molecule has 1 aliphatic rings. The molecule has 1 amide bonds. The van der Waals surface area contributed by atoms with Crippen LogP contribution in [0.2, 0.25) is 0 Å². The zero-order valence-corrected chi connectivity index (χ0v) is 18.8. The molecule has 0 spiro atoms.